The second-order valence-electron chi connectivity index (χ2n) is 11.6. The maximum Gasteiger partial charge on any atom is 0.433 e. The van der Waals surface area contributed by atoms with Crippen LogP contribution in [0.15, 0.2) is 49.1 Å². The number of carboxylic acid groups (broad SMARTS) is 1. The van der Waals surface area contributed by atoms with Crippen LogP contribution in [0.3, 0.4) is 0 Å². The molecule has 3 aromatic heterocycles. The molecule has 5 rings (SSSR count). The minimum atomic E-state index is -4.62. The number of halogens is 3. The van der Waals surface area contributed by atoms with Gasteiger partial charge in [-0.05, 0) is 73.9 Å². The molecule has 1 aromatic carbocycles. The number of nitrogens with one attached hydrogen (secondary N) is 1. The molecule has 42 heavy (non-hydrogen) atoms. The lowest BCUT2D eigenvalue weighted by molar-refractivity contribution is -0.154. The van der Waals surface area contributed by atoms with E-state index in [1.54, 1.807) is 29.2 Å². The Labute approximate surface area is 244 Å². The van der Waals surface area contributed by atoms with Crippen LogP contribution in [0.4, 0.5) is 24.8 Å². The molecule has 3 heterocycles. The molecule has 1 aliphatic carbocycles. The Balaban J connectivity index is 1.52. The second-order valence-corrected chi connectivity index (χ2v) is 12.7. The normalized spacial score (nSPS) is 20.5. The lowest BCUT2D eigenvalue weighted by atomic mass is 9.63. The molecular weight excluding hydrogens is 569 g/mol. The topological polar surface area (TPSA) is 126 Å². The van der Waals surface area contributed by atoms with Gasteiger partial charge < -0.3 is 15.5 Å². The highest BCUT2D eigenvalue weighted by Gasteiger charge is 2.49. The molecule has 13 heteroatoms. The van der Waals surface area contributed by atoms with Gasteiger partial charge in [0.1, 0.15) is 16.3 Å². The molecule has 9 nitrogen and oxygen atoms in total. The quantitative estimate of drug-likeness (QED) is 0.209. The zero-order chi connectivity index (χ0) is 30.4. The van der Waals surface area contributed by atoms with Crippen molar-refractivity contribution in [2.75, 3.05) is 5.32 Å². The minimum Gasteiger partial charge on any atom is -0.481 e. The number of carbonyl (C=O) groups is 1. The highest BCUT2D eigenvalue weighted by Crippen LogP contribution is 2.51. The Bertz CT molecular complexity index is 1620. The van der Waals surface area contributed by atoms with Crippen molar-refractivity contribution in [3.05, 3.63) is 59.8 Å². The number of hydrogen-bond acceptors (Lipinski definition) is 8. The first kappa shape index (κ1) is 29.6. The number of aliphatic carboxylic acids is 1. The molecule has 3 N–H and O–H groups in total. The molecule has 2 atom stereocenters. The molecule has 222 valence electrons. The summed E-state index contributed by atoms with van der Waals surface area (Å²) in [6.07, 6.45) is 2.53. The summed E-state index contributed by atoms with van der Waals surface area (Å²) in [5.41, 5.74) is -0.248. The first-order chi connectivity index (χ1) is 19.6. The van der Waals surface area contributed by atoms with Gasteiger partial charge in [-0.2, -0.15) is 18.3 Å². The number of hydrogen-bond donors (Lipinski definition) is 3. The van der Waals surface area contributed by atoms with Gasteiger partial charge in [0.05, 0.1) is 17.0 Å². The molecule has 0 bridgehead atoms. The number of anilines is 2. The van der Waals surface area contributed by atoms with Gasteiger partial charge in [0.25, 0.3) is 0 Å². The van der Waals surface area contributed by atoms with E-state index in [1.807, 2.05) is 40.0 Å². The van der Waals surface area contributed by atoms with Gasteiger partial charge in [0.2, 0.25) is 5.95 Å². The van der Waals surface area contributed by atoms with E-state index in [9.17, 15) is 28.2 Å². The van der Waals surface area contributed by atoms with Crippen molar-refractivity contribution in [2.45, 2.75) is 64.8 Å². The number of aromatic nitrogens is 5. The first-order valence-corrected chi connectivity index (χ1v) is 14.2. The van der Waals surface area contributed by atoms with Gasteiger partial charge in [-0.1, -0.05) is 13.8 Å². The average molecular weight is 601 g/mol. The molecule has 1 saturated carbocycles. The van der Waals surface area contributed by atoms with Crippen molar-refractivity contribution in [1.82, 2.24) is 24.7 Å². The summed E-state index contributed by atoms with van der Waals surface area (Å²) in [4.78, 5) is 24.6. The zero-order valence-corrected chi connectivity index (χ0v) is 24.3. The monoisotopic (exact) mass is 600 g/mol. The van der Waals surface area contributed by atoms with Crippen LogP contribution < -0.4 is 5.32 Å². The summed E-state index contributed by atoms with van der Waals surface area (Å²) >= 11 is 1.30. The summed E-state index contributed by atoms with van der Waals surface area (Å²) in [7, 11) is 0. The van der Waals surface area contributed by atoms with Crippen LogP contribution in [0.1, 0.15) is 63.7 Å². The SMILES string of the molecule is CC(C)n1cc(-c2cc(Nc3nccc(C(F)(F)F)n3)cc(-c3cnc(C4(O)CCC(C(=O)O)C(C)(C)C4)s3)c2)cn1. The third-order valence-corrected chi connectivity index (χ3v) is 8.86. The number of benzene rings is 1. The Morgan fingerprint density at radius 2 is 1.88 bits per heavy atom. The predicted octanol–water partition coefficient (Wildman–Crippen LogP) is 6.91. The van der Waals surface area contributed by atoms with Crippen molar-refractivity contribution in [2.24, 2.45) is 11.3 Å². The van der Waals surface area contributed by atoms with Gasteiger partial charge in [-0.25, -0.2) is 15.0 Å². The zero-order valence-electron chi connectivity index (χ0n) is 23.5. The average Bonchev–Trinajstić information content (AvgIpc) is 3.59. The van der Waals surface area contributed by atoms with Crippen molar-refractivity contribution in [3.8, 4) is 21.6 Å². The predicted molar refractivity (Wildman–Crippen MR) is 152 cm³/mol. The molecule has 2 unspecified atom stereocenters. The van der Waals surface area contributed by atoms with E-state index in [0.717, 1.165) is 28.3 Å². The highest BCUT2D eigenvalue weighted by molar-refractivity contribution is 7.15. The van der Waals surface area contributed by atoms with Crippen LogP contribution >= 0.6 is 11.3 Å². The third kappa shape index (κ3) is 6.02. The number of aliphatic hydroxyl groups is 1. The van der Waals surface area contributed by atoms with Crippen molar-refractivity contribution < 1.29 is 28.2 Å². The van der Waals surface area contributed by atoms with E-state index in [4.69, 9.17) is 0 Å². The number of nitrogens with zero attached hydrogens (tertiary/aromatic N) is 5. The van der Waals surface area contributed by atoms with Crippen molar-refractivity contribution in [1.29, 1.82) is 0 Å². The first-order valence-electron chi connectivity index (χ1n) is 13.4. The van der Waals surface area contributed by atoms with Crippen LogP contribution in [0.5, 0.6) is 0 Å². The van der Waals surface area contributed by atoms with E-state index in [0.29, 0.717) is 22.7 Å². The van der Waals surface area contributed by atoms with Gasteiger partial charge in [0, 0.05) is 35.9 Å². The fourth-order valence-corrected chi connectivity index (χ4v) is 6.51. The van der Waals surface area contributed by atoms with Gasteiger partial charge in [-0.3, -0.25) is 9.48 Å². The minimum absolute atomic E-state index is 0.128. The van der Waals surface area contributed by atoms with Crippen molar-refractivity contribution >= 4 is 28.9 Å². The molecule has 1 fully saturated rings. The Morgan fingerprint density at radius 3 is 2.52 bits per heavy atom. The molecule has 1 aliphatic rings. The van der Waals surface area contributed by atoms with Gasteiger partial charge in [-0.15, -0.1) is 11.3 Å². The largest absolute Gasteiger partial charge is 0.481 e. The maximum absolute atomic E-state index is 13.3. The third-order valence-electron chi connectivity index (χ3n) is 7.62. The summed E-state index contributed by atoms with van der Waals surface area (Å²) in [6, 6.07) is 6.39. The van der Waals surface area contributed by atoms with Gasteiger partial charge >= 0.3 is 12.1 Å². The fraction of sp³-hybridized carbons (Fsp3) is 0.414. The van der Waals surface area contributed by atoms with Crippen LogP contribution in [0.25, 0.3) is 21.6 Å². The van der Waals surface area contributed by atoms with E-state index in [2.05, 4.69) is 25.4 Å². The Kier molecular flexibility index (Phi) is 7.60. The van der Waals surface area contributed by atoms with Crippen LogP contribution in [-0.2, 0) is 16.6 Å². The van der Waals surface area contributed by atoms with Crippen LogP contribution in [0, 0.1) is 11.3 Å². The molecule has 0 saturated heterocycles. The smallest absolute Gasteiger partial charge is 0.433 e. The molecule has 0 aliphatic heterocycles. The van der Waals surface area contributed by atoms with Crippen LogP contribution in [0.2, 0.25) is 0 Å². The number of carboxylic acids is 1. The molecule has 4 aromatic rings. The Hall–Kier alpha value is -3.84. The number of alkyl halides is 3. The molecule has 0 radical (unpaired) electrons. The summed E-state index contributed by atoms with van der Waals surface area (Å²) in [5, 5.41) is 29.0. The van der Waals surface area contributed by atoms with Gasteiger partial charge in [0.15, 0.2) is 0 Å². The van der Waals surface area contributed by atoms with E-state index < -0.39 is 34.8 Å². The standard InChI is InChI=1S/C29H31F3N6O3S/c1-16(2)38-14-19(12-35-38)17-9-18(11-20(10-17)36-26-33-8-6-23(37-26)29(30,31)32)22-13-34-25(42-22)28(41)7-5-21(24(39)40)27(3,4)15-28/h6,8-14,16,21,41H,5,7,15H2,1-4H3,(H,39,40)(H,33,36,37). The lowest BCUT2D eigenvalue weighted by Crippen LogP contribution is -2.44. The summed E-state index contributed by atoms with van der Waals surface area (Å²) in [6.45, 7) is 7.69. The molecule has 0 spiro atoms. The second kappa shape index (κ2) is 10.8. The van der Waals surface area contributed by atoms with Crippen LogP contribution in [-0.4, -0.2) is 40.9 Å². The van der Waals surface area contributed by atoms with Crippen molar-refractivity contribution in [3.63, 3.8) is 0 Å². The maximum atomic E-state index is 13.3. The fourth-order valence-electron chi connectivity index (χ4n) is 5.49. The lowest BCUT2D eigenvalue weighted by Gasteiger charge is -2.44. The number of thiazole rings is 1. The molecule has 0 amide bonds. The molecular formula is C29H31F3N6O3S. The Morgan fingerprint density at radius 1 is 1.14 bits per heavy atom. The van der Waals surface area contributed by atoms with E-state index >= 15 is 0 Å². The highest BCUT2D eigenvalue weighted by atomic mass is 32.1. The summed E-state index contributed by atoms with van der Waals surface area (Å²) in [5.74, 6) is -1.64. The number of rotatable bonds is 7. The summed E-state index contributed by atoms with van der Waals surface area (Å²) < 4.78 is 41.6. The van der Waals surface area contributed by atoms with E-state index in [-0.39, 0.29) is 24.8 Å². The van der Waals surface area contributed by atoms with E-state index in [1.165, 1.54) is 11.3 Å².